The normalized spacial score (nSPS) is 52.0. The van der Waals surface area contributed by atoms with E-state index in [0.717, 1.165) is 23.7 Å². The molecule has 0 heteroatoms. The van der Waals surface area contributed by atoms with Crippen LogP contribution in [0.4, 0.5) is 0 Å². The van der Waals surface area contributed by atoms with Crippen LogP contribution < -0.4 is 0 Å². The van der Waals surface area contributed by atoms with Crippen LogP contribution in [0.25, 0.3) is 0 Å². The van der Waals surface area contributed by atoms with Gasteiger partial charge in [-0.2, -0.15) is 11.8 Å². The first-order valence-corrected chi connectivity index (χ1v) is 3.98. The van der Waals surface area contributed by atoms with E-state index in [-0.39, 0.29) is 0 Å². The second kappa shape index (κ2) is 2.32. The van der Waals surface area contributed by atoms with Crippen molar-refractivity contribution >= 4 is 0 Å². The second-order valence-electron chi connectivity index (χ2n) is 3.63. The molecule has 0 aromatic rings. The lowest BCUT2D eigenvalue weighted by Gasteiger charge is -2.19. The fraction of sp³-hybridized carbons (Fsp3) is 0.889. The lowest BCUT2D eigenvalue weighted by Crippen LogP contribution is -2.07. The Balaban J connectivity index is 2.54. The summed E-state index contributed by atoms with van der Waals surface area (Å²) in [5.41, 5.74) is 0. The summed E-state index contributed by atoms with van der Waals surface area (Å²) in [6.45, 7) is 9.36. The van der Waals surface area contributed by atoms with Gasteiger partial charge in [0.05, 0.1) is 0 Å². The van der Waals surface area contributed by atoms with Gasteiger partial charge in [0.1, 0.15) is 0 Å². The average molecular weight is 125 g/mol. The number of hydrogen-bond donors (Lipinski definition) is 0. The first kappa shape index (κ1) is 7.11. The fourth-order valence-corrected chi connectivity index (χ4v) is 1.79. The van der Waals surface area contributed by atoms with E-state index in [9.17, 15) is 0 Å². The Kier molecular flexibility index (Phi) is 1.83. The minimum Gasteiger partial charge on any atom is -0.322 e. The third kappa shape index (κ3) is 1.12. The van der Waals surface area contributed by atoms with Crippen LogP contribution in [0.3, 0.4) is 0 Å². The van der Waals surface area contributed by atoms with Crippen molar-refractivity contribution in [3.8, 4) is 0 Å². The lowest BCUT2D eigenvalue weighted by atomic mass is 9.92. The van der Waals surface area contributed by atoms with Crippen LogP contribution >= 0.6 is 0 Å². The molecule has 4 atom stereocenters. The quantitative estimate of drug-likeness (QED) is 0.437. The summed E-state index contributed by atoms with van der Waals surface area (Å²) >= 11 is 0. The zero-order valence-electron chi connectivity index (χ0n) is 6.89. The van der Waals surface area contributed by atoms with Crippen LogP contribution in [0.5, 0.6) is 0 Å². The van der Waals surface area contributed by atoms with Crippen molar-refractivity contribution in [2.24, 2.45) is 23.7 Å². The minimum absolute atomic E-state index is 0.843. The SMILES string of the molecule is CC1[CH-]C(C)C(C)C1C. The molecule has 0 amide bonds. The zero-order valence-corrected chi connectivity index (χ0v) is 6.89. The van der Waals surface area contributed by atoms with Crippen LogP contribution in [-0.4, -0.2) is 0 Å². The van der Waals surface area contributed by atoms with Gasteiger partial charge in [-0.15, -0.1) is 0 Å². The summed E-state index contributed by atoms with van der Waals surface area (Å²) in [5, 5.41) is 0. The van der Waals surface area contributed by atoms with Gasteiger partial charge in [0, 0.05) is 0 Å². The average Bonchev–Trinajstić information content (AvgIpc) is 1.98. The molecule has 0 N–H and O–H groups in total. The van der Waals surface area contributed by atoms with Crippen LogP contribution in [0.15, 0.2) is 0 Å². The summed E-state index contributed by atoms with van der Waals surface area (Å²) in [7, 11) is 0. The van der Waals surface area contributed by atoms with Crippen LogP contribution in [0.1, 0.15) is 27.7 Å². The van der Waals surface area contributed by atoms with Crippen molar-refractivity contribution in [1.29, 1.82) is 0 Å². The smallest absolute Gasteiger partial charge is 0.0645 e. The van der Waals surface area contributed by atoms with E-state index >= 15 is 0 Å². The van der Waals surface area contributed by atoms with Crippen molar-refractivity contribution in [3.63, 3.8) is 0 Å². The maximum Gasteiger partial charge on any atom is -0.0645 e. The molecule has 0 bridgehead atoms. The zero-order chi connectivity index (χ0) is 7.02. The van der Waals surface area contributed by atoms with Crippen molar-refractivity contribution < 1.29 is 0 Å². The van der Waals surface area contributed by atoms with Gasteiger partial charge in [-0.25, -0.2) is 0 Å². The number of rotatable bonds is 0. The minimum atomic E-state index is 0.843. The van der Waals surface area contributed by atoms with E-state index in [0.29, 0.717) is 0 Å². The van der Waals surface area contributed by atoms with Crippen LogP contribution in [0.2, 0.25) is 0 Å². The molecule has 1 saturated carbocycles. The Bertz CT molecular complexity index is 84.2. The molecular weight excluding hydrogens is 108 g/mol. The molecule has 1 aliphatic carbocycles. The molecule has 0 nitrogen and oxygen atoms in total. The molecule has 0 saturated heterocycles. The van der Waals surface area contributed by atoms with Gasteiger partial charge in [-0.05, 0) is 0 Å². The van der Waals surface area contributed by atoms with Gasteiger partial charge >= 0.3 is 0 Å². The lowest BCUT2D eigenvalue weighted by molar-refractivity contribution is 0.352. The Morgan fingerprint density at radius 1 is 0.778 bits per heavy atom. The van der Waals surface area contributed by atoms with Gasteiger partial charge in [0.15, 0.2) is 0 Å². The van der Waals surface area contributed by atoms with E-state index in [1.165, 1.54) is 0 Å². The molecule has 1 aliphatic rings. The molecular formula is C9H17-. The highest BCUT2D eigenvalue weighted by Crippen LogP contribution is 2.39. The summed E-state index contributed by atoms with van der Waals surface area (Å²) in [6.07, 6.45) is 2.48. The monoisotopic (exact) mass is 125 g/mol. The molecule has 0 aliphatic heterocycles. The van der Waals surface area contributed by atoms with Gasteiger partial charge < -0.3 is 6.42 Å². The van der Waals surface area contributed by atoms with Crippen molar-refractivity contribution in [2.75, 3.05) is 0 Å². The highest BCUT2D eigenvalue weighted by atomic mass is 14.4. The van der Waals surface area contributed by atoms with E-state index in [1.54, 1.807) is 0 Å². The first-order chi connectivity index (χ1) is 4.13. The summed E-state index contributed by atoms with van der Waals surface area (Å²) in [5.74, 6) is 3.49. The van der Waals surface area contributed by atoms with E-state index in [2.05, 4.69) is 34.1 Å². The Morgan fingerprint density at radius 2 is 1.11 bits per heavy atom. The second-order valence-corrected chi connectivity index (χ2v) is 3.63. The summed E-state index contributed by atoms with van der Waals surface area (Å²) in [6, 6.07) is 0. The van der Waals surface area contributed by atoms with Crippen LogP contribution in [-0.2, 0) is 0 Å². The van der Waals surface area contributed by atoms with Crippen LogP contribution in [0, 0.1) is 30.1 Å². The molecule has 0 heterocycles. The molecule has 9 heavy (non-hydrogen) atoms. The fourth-order valence-electron chi connectivity index (χ4n) is 1.79. The standard InChI is InChI=1S/C9H17/c1-6-5-7(2)9(4)8(6)3/h5-9H,1-4H3/q-1. The highest BCUT2D eigenvalue weighted by Gasteiger charge is 2.23. The largest absolute Gasteiger partial charge is 0.322 e. The van der Waals surface area contributed by atoms with Gasteiger partial charge in [-0.1, -0.05) is 39.5 Å². The van der Waals surface area contributed by atoms with E-state index in [4.69, 9.17) is 0 Å². The predicted octanol–water partition coefficient (Wildman–Crippen LogP) is 2.75. The number of hydrogen-bond acceptors (Lipinski definition) is 0. The van der Waals surface area contributed by atoms with Crippen molar-refractivity contribution in [1.82, 2.24) is 0 Å². The molecule has 54 valence electrons. The molecule has 0 aromatic heterocycles. The third-order valence-electron chi connectivity index (χ3n) is 3.10. The molecule has 1 rings (SSSR count). The maximum atomic E-state index is 2.48. The van der Waals surface area contributed by atoms with E-state index in [1.807, 2.05) is 0 Å². The Hall–Kier alpha value is 0. The molecule has 1 fully saturated rings. The molecule has 4 unspecified atom stereocenters. The molecule has 0 radical (unpaired) electrons. The predicted molar refractivity (Wildman–Crippen MR) is 41.0 cm³/mol. The van der Waals surface area contributed by atoms with Gasteiger partial charge in [0.2, 0.25) is 0 Å². The summed E-state index contributed by atoms with van der Waals surface area (Å²) in [4.78, 5) is 0. The molecule has 0 spiro atoms. The van der Waals surface area contributed by atoms with Gasteiger partial charge in [0.25, 0.3) is 0 Å². The topological polar surface area (TPSA) is 0 Å². The Labute approximate surface area is 58.7 Å². The van der Waals surface area contributed by atoms with Gasteiger partial charge in [-0.3, -0.25) is 0 Å². The van der Waals surface area contributed by atoms with Crippen molar-refractivity contribution in [3.05, 3.63) is 6.42 Å². The summed E-state index contributed by atoms with van der Waals surface area (Å²) < 4.78 is 0. The van der Waals surface area contributed by atoms with Crippen molar-refractivity contribution in [2.45, 2.75) is 27.7 Å². The maximum absolute atomic E-state index is 2.48. The molecule has 0 aromatic carbocycles. The first-order valence-electron chi connectivity index (χ1n) is 3.98. The Morgan fingerprint density at radius 3 is 1.22 bits per heavy atom. The highest BCUT2D eigenvalue weighted by molar-refractivity contribution is 4.94. The van der Waals surface area contributed by atoms with E-state index < -0.39 is 0 Å². The third-order valence-corrected chi connectivity index (χ3v) is 3.10.